The van der Waals surface area contributed by atoms with Crippen LogP contribution in [0.3, 0.4) is 0 Å². The van der Waals surface area contributed by atoms with Gasteiger partial charge in [-0.2, -0.15) is 0 Å². The number of hydrogen-bond donors (Lipinski definition) is 1. The van der Waals surface area contributed by atoms with Crippen LogP contribution in [-0.2, 0) is 14.3 Å². The molecule has 26 heavy (non-hydrogen) atoms. The number of carbonyl (C=O) groups is 2. The summed E-state index contributed by atoms with van der Waals surface area (Å²) in [7, 11) is 1.63. The van der Waals surface area contributed by atoms with Crippen molar-refractivity contribution in [3.8, 4) is 5.75 Å². The summed E-state index contributed by atoms with van der Waals surface area (Å²) in [6, 6.07) is 11.6. The molecule has 0 aliphatic heterocycles. The summed E-state index contributed by atoms with van der Waals surface area (Å²) in [6.07, 6.45) is -0.529. The third-order valence-corrected chi connectivity index (χ3v) is 4.25. The maximum atomic E-state index is 12.2. The van der Waals surface area contributed by atoms with Crippen molar-refractivity contribution in [2.45, 2.75) is 12.8 Å². The molecule has 0 fully saturated rings. The molecule has 0 saturated heterocycles. The quantitative estimate of drug-likeness (QED) is 0.398. The van der Waals surface area contributed by atoms with E-state index in [-0.39, 0.29) is 19.2 Å². The summed E-state index contributed by atoms with van der Waals surface area (Å²) in [5.74, 6) is 0.0175. The Balaban J connectivity index is 1.87. The molecule has 0 saturated carbocycles. The second-order valence-electron chi connectivity index (χ2n) is 5.61. The van der Waals surface area contributed by atoms with Crippen LogP contribution in [0.2, 0.25) is 0 Å². The smallest absolute Gasteiger partial charge is 0.407 e. The number of alkyl halides is 1. The lowest BCUT2D eigenvalue weighted by Crippen LogP contribution is -2.27. The van der Waals surface area contributed by atoms with Crippen LogP contribution in [0.25, 0.3) is 10.8 Å². The first-order chi connectivity index (χ1) is 12.5. The second-order valence-corrected chi connectivity index (χ2v) is 6.41. The van der Waals surface area contributed by atoms with E-state index < -0.39 is 12.0 Å². The number of carbonyl (C=O) groups excluding carboxylic acids is 2. The number of esters is 1. The van der Waals surface area contributed by atoms with Gasteiger partial charge in [0, 0.05) is 11.9 Å². The Morgan fingerprint density at radius 1 is 1.08 bits per heavy atom. The lowest BCUT2D eigenvalue weighted by atomic mass is 9.98. The SMILES string of the molecule is COc1ccc2cc([C@H](C)C(=O)OCCOC(=O)NCCBr)ccc2c1. The summed E-state index contributed by atoms with van der Waals surface area (Å²) in [6.45, 7) is 2.31. The predicted octanol–water partition coefficient (Wildman–Crippen LogP) is 3.62. The minimum Gasteiger partial charge on any atom is -0.497 e. The van der Waals surface area contributed by atoms with E-state index in [0.29, 0.717) is 11.9 Å². The molecule has 0 radical (unpaired) electrons. The topological polar surface area (TPSA) is 73.9 Å². The normalized spacial score (nSPS) is 11.7. The van der Waals surface area contributed by atoms with Gasteiger partial charge in [-0.25, -0.2) is 4.79 Å². The van der Waals surface area contributed by atoms with Gasteiger partial charge in [0.25, 0.3) is 0 Å². The van der Waals surface area contributed by atoms with Crippen molar-refractivity contribution < 1.29 is 23.8 Å². The molecule has 0 aliphatic carbocycles. The molecule has 0 spiro atoms. The van der Waals surface area contributed by atoms with Gasteiger partial charge in [0.15, 0.2) is 0 Å². The van der Waals surface area contributed by atoms with E-state index in [4.69, 9.17) is 14.2 Å². The zero-order chi connectivity index (χ0) is 18.9. The van der Waals surface area contributed by atoms with Crippen molar-refractivity contribution in [1.82, 2.24) is 5.32 Å². The van der Waals surface area contributed by atoms with Crippen LogP contribution in [-0.4, -0.2) is 44.3 Å². The highest BCUT2D eigenvalue weighted by Crippen LogP contribution is 2.25. The van der Waals surface area contributed by atoms with E-state index >= 15 is 0 Å². The van der Waals surface area contributed by atoms with Gasteiger partial charge in [0.2, 0.25) is 0 Å². The fraction of sp³-hybridized carbons (Fsp3) is 0.368. The number of hydrogen-bond acceptors (Lipinski definition) is 5. The molecule has 0 bridgehead atoms. The van der Waals surface area contributed by atoms with Crippen LogP contribution in [0.1, 0.15) is 18.4 Å². The number of alkyl carbamates (subject to hydrolysis) is 1. The summed E-state index contributed by atoms with van der Waals surface area (Å²) < 4.78 is 15.3. The summed E-state index contributed by atoms with van der Waals surface area (Å²) in [5.41, 5.74) is 0.864. The van der Waals surface area contributed by atoms with Crippen LogP contribution in [0, 0.1) is 0 Å². The molecule has 2 aromatic carbocycles. The molecule has 1 amide bonds. The number of amides is 1. The number of ether oxygens (including phenoxy) is 3. The highest BCUT2D eigenvalue weighted by atomic mass is 79.9. The van der Waals surface area contributed by atoms with Gasteiger partial charge in [0.05, 0.1) is 13.0 Å². The van der Waals surface area contributed by atoms with Gasteiger partial charge in [0.1, 0.15) is 19.0 Å². The lowest BCUT2D eigenvalue weighted by Gasteiger charge is -2.13. The molecule has 2 aromatic rings. The number of nitrogens with one attached hydrogen (secondary N) is 1. The minimum absolute atomic E-state index is 0.0180. The molecule has 7 heteroatoms. The number of halogens is 1. The molecule has 0 aliphatic rings. The van der Waals surface area contributed by atoms with Gasteiger partial charge < -0.3 is 19.5 Å². The summed E-state index contributed by atoms with van der Waals surface area (Å²) >= 11 is 3.19. The Hall–Kier alpha value is -2.28. The molecule has 0 unspecified atom stereocenters. The Morgan fingerprint density at radius 2 is 1.77 bits per heavy atom. The Morgan fingerprint density at radius 3 is 2.50 bits per heavy atom. The van der Waals surface area contributed by atoms with Crippen LogP contribution in [0.15, 0.2) is 36.4 Å². The van der Waals surface area contributed by atoms with E-state index in [1.54, 1.807) is 14.0 Å². The molecule has 6 nitrogen and oxygen atoms in total. The van der Waals surface area contributed by atoms with Gasteiger partial charge >= 0.3 is 12.1 Å². The zero-order valence-electron chi connectivity index (χ0n) is 14.8. The van der Waals surface area contributed by atoms with Crippen molar-refractivity contribution in [1.29, 1.82) is 0 Å². The van der Waals surface area contributed by atoms with E-state index in [9.17, 15) is 9.59 Å². The van der Waals surface area contributed by atoms with Crippen molar-refractivity contribution in [3.05, 3.63) is 42.0 Å². The first-order valence-electron chi connectivity index (χ1n) is 8.26. The van der Waals surface area contributed by atoms with E-state index in [1.165, 1.54) is 0 Å². The van der Waals surface area contributed by atoms with Gasteiger partial charge in [-0.05, 0) is 35.4 Å². The number of benzene rings is 2. The van der Waals surface area contributed by atoms with Gasteiger partial charge in [-0.3, -0.25) is 4.79 Å². The lowest BCUT2D eigenvalue weighted by molar-refractivity contribution is -0.146. The molecule has 1 N–H and O–H groups in total. The van der Waals surface area contributed by atoms with Crippen molar-refractivity contribution in [2.24, 2.45) is 0 Å². The van der Waals surface area contributed by atoms with E-state index in [1.807, 2.05) is 36.4 Å². The van der Waals surface area contributed by atoms with Crippen LogP contribution in [0.5, 0.6) is 5.75 Å². The first-order valence-corrected chi connectivity index (χ1v) is 9.38. The molecular weight excluding hydrogens is 402 g/mol. The zero-order valence-corrected chi connectivity index (χ0v) is 16.4. The minimum atomic E-state index is -0.529. The molecule has 1 atom stereocenters. The largest absolute Gasteiger partial charge is 0.497 e. The third-order valence-electron chi connectivity index (χ3n) is 3.85. The Labute approximate surface area is 160 Å². The average Bonchev–Trinajstić information content (AvgIpc) is 2.67. The fourth-order valence-electron chi connectivity index (χ4n) is 2.38. The third kappa shape index (κ3) is 5.62. The Bertz CT molecular complexity index is 765. The number of rotatable bonds is 8. The molecule has 0 heterocycles. The van der Waals surface area contributed by atoms with E-state index in [0.717, 1.165) is 22.1 Å². The van der Waals surface area contributed by atoms with Gasteiger partial charge in [-0.1, -0.05) is 40.2 Å². The number of methoxy groups -OCH3 is 1. The standard InChI is InChI=1S/C19H22BrNO5/c1-13(18(22)25-9-10-26-19(23)21-8-7-20)14-3-4-16-12-17(24-2)6-5-15(16)11-14/h3-6,11-13H,7-10H2,1-2H3,(H,21,23)/t13-/m0/s1. The molecule has 2 rings (SSSR count). The predicted molar refractivity (Wildman–Crippen MR) is 103 cm³/mol. The maximum absolute atomic E-state index is 12.2. The summed E-state index contributed by atoms with van der Waals surface area (Å²) in [4.78, 5) is 23.5. The summed E-state index contributed by atoms with van der Waals surface area (Å²) in [5, 5.41) is 5.24. The average molecular weight is 424 g/mol. The van der Waals surface area contributed by atoms with Crippen molar-refractivity contribution in [2.75, 3.05) is 32.2 Å². The van der Waals surface area contributed by atoms with Gasteiger partial charge in [-0.15, -0.1) is 0 Å². The van der Waals surface area contributed by atoms with Crippen molar-refractivity contribution in [3.63, 3.8) is 0 Å². The maximum Gasteiger partial charge on any atom is 0.407 e. The highest BCUT2D eigenvalue weighted by Gasteiger charge is 2.17. The first kappa shape index (κ1) is 20.0. The van der Waals surface area contributed by atoms with Crippen LogP contribution < -0.4 is 10.1 Å². The van der Waals surface area contributed by atoms with Crippen molar-refractivity contribution >= 4 is 38.8 Å². The number of fused-ring (bicyclic) bond motifs is 1. The molecule has 140 valence electrons. The van der Waals surface area contributed by atoms with Crippen LogP contribution in [0.4, 0.5) is 4.79 Å². The molecule has 0 aromatic heterocycles. The van der Waals surface area contributed by atoms with Crippen LogP contribution >= 0.6 is 15.9 Å². The Kier molecular flexibility index (Phi) is 7.72. The molecular formula is C19H22BrNO5. The monoisotopic (exact) mass is 423 g/mol. The second kappa shape index (κ2) is 10.0. The highest BCUT2D eigenvalue weighted by molar-refractivity contribution is 9.09. The fourth-order valence-corrected chi connectivity index (χ4v) is 2.57. The van der Waals surface area contributed by atoms with E-state index in [2.05, 4.69) is 21.2 Å².